The van der Waals surface area contributed by atoms with Crippen LogP contribution in [-0.2, 0) is 11.2 Å². The highest BCUT2D eigenvalue weighted by molar-refractivity contribution is 5.94. The van der Waals surface area contributed by atoms with Gasteiger partial charge in [0.2, 0.25) is 0 Å². The number of methoxy groups -OCH3 is 1. The molecule has 0 saturated heterocycles. The van der Waals surface area contributed by atoms with Gasteiger partial charge in [0.05, 0.1) is 13.2 Å². The van der Waals surface area contributed by atoms with Crippen LogP contribution in [0, 0.1) is 0 Å². The predicted molar refractivity (Wildman–Crippen MR) is 84.5 cm³/mol. The average molecular weight is 292 g/mol. The lowest BCUT2D eigenvalue weighted by atomic mass is 10.1. The summed E-state index contributed by atoms with van der Waals surface area (Å²) in [6.07, 6.45) is 0.773. The number of nitrogens with one attached hydrogen (secondary N) is 1. The molecular weight excluding hydrogens is 268 g/mol. The smallest absolute Gasteiger partial charge is 0.253 e. The highest BCUT2D eigenvalue weighted by Gasteiger charge is 2.07. The Bertz CT molecular complexity index is 486. The van der Waals surface area contributed by atoms with Gasteiger partial charge in [-0.25, -0.2) is 0 Å². The Morgan fingerprint density at radius 1 is 1.43 bits per heavy atom. The first kappa shape index (κ1) is 17.0. The van der Waals surface area contributed by atoms with Gasteiger partial charge in [-0.05, 0) is 24.1 Å². The number of benzene rings is 1. The SMILES string of the molecule is COCCN=C(N)NCCc1cccc(C(=O)N(C)C)c1. The molecule has 0 aliphatic rings. The number of ether oxygens (including phenoxy) is 1. The van der Waals surface area contributed by atoms with Gasteiger partial charge in [0.25, 0.3) is 5.91 Å². The van der Waals surface area contributed by atoms with E-state index in [1.165, 1.54) is 0 Å². The number of guanidine groups is 1. The summed E-state index contributed by atoms with van der Waals surface area (Å²) in [4.78, 5) is 17.6. The van der Waals surface area contributed by atoms with E-state index in [1.807, 2.05) is 24.3 Å². The van der Waals surface area contributed by atoms with Crippen LogP contribution in [0.2, 0.25) is 0 Å². The first-order chi connectivity index (χ1) is 10.0. The Kier molecular flexibility index (Phi) is 7.25. The predicted octanol–water partition coefficient (Wildman–Crippen LogP) is 0.482. The third-order valence-electron chi connectivity index (χ3n) is 2.88. The van der Waals surface area contributed by atoms with Gasteiger partial charge in [-0.3, -0.25) is 9.79 Å². The van der Waals surface area contributed by atoms with E-state index in [-0.39, 0.29) is 5.91 Å². The fourth-order valence-corrected chi connectivity index (χ4v) is 1.77. The van der Waals surface area contributed by atoms with Crippen molar-refractivity contribution in [2.24, 2.45) is 10.7 Å². The zero-order valence-corrected chi connectivity index (χ0v) is 12.9. The van der Waals surface area contributed by atoms with Crippen molar-refractivity contribution >= 4 is 11.9 Å². The Morgan fingerprint density at radius 2 is 2.19 bits per heavy atom. The fourth-order valence-electron chi connectivity index (χ4n) is 1.77. The molecule has 0 saturated carbocycles. The van der Waals surface area contributed by atoms with E-state index in [9.17, 15) is 4.79 Å². The topological polar surface area (TPSA) is 80.0 Å². The molecular formula is C15H24N4O2. The van der Waals surface area contributed by atoms with E-state index in [4.69, 9.17) is 10.5 Å². The van der Waals surface area contributed by atoms with Crippen LogP contribution in [0.15, 0.2) is 29.3 Å². The minimum absolute atomic E-state index is 0.00505. The standard InChI is InChI=1S/C15H24N4O2/c1-19(2)14(20)13-6-4-5-12(11-13)7-8-17-15(16)18-9-10-21-3/h4-6,11H,7-10H2,1-3H3,(H3,16,17,18). The van der Waals surface area contributed by atoms with Gasteiger partial charge in [0.15, 0.2) is 5.96 Å². The van der Waals surface area contributed by atoms with Crippen molar-refractivity contribution < 1.29 is 9.53 Å². The van der Waals surface area contributed by atoms with Crippen LogP contribution in [0.5, 0.6) is 0 Å². The maximum atomic E-state index is 11.9. The molecule has 0 aliphatic carbocycles. The van der Waals surface area contributed by atoms with E-state index in [2.05, 4.69) is 10.3 Å². The van der Waals surface area contributed by atoms with Crippen LogP contribution in [0.3, 0.4) is 0 Å². The highest BCUT2D eigenvalue weighted by Crippen LogP contribution is 2.07. The summed E-state index contributed by atoms with van der Waals surface area (Å²) in [5.74, 6) is 0.415. The molecule has 0 aliphatic heterocycles. The van der Waals surface area contributed by atoms with Gasteiger partial charge in [-0.15, -0.1) is 0 Å². The molecule has 0 fully saturated rings. The molecule has 3 N–H and O–H groups in total. The van der Waals surface area contributed by atoms with Gasteiger partial charge in [0.1, 0.15) is 0 Å². The number of carbonyl (C=O) groups excluding carboxylic acids is 1. The summed E-state index contributed by atoms with van der Waals surface area (Å²) in [5, 5.41) is 3.04. The third-order valence-corrected chi connectivity index (χ3v) is 2.88. The molecule has 0 atom stereocenters. The molecule has 0 spiro atoms. The summed E-state index contributed by atoms with van der Waals surface area (Å²) < 4.78 is 4.89. The van der Waals surface area contributed by atoms with Crippen molar-refractivity contribution in [2.75, 3.05) is 40.9 Å². The first-order valence-corrected chi connectivity index (χ1v) is 6.88. The van der Waals surface area contributed by atoms with Crippen molar-refractivity contribution in [3.63, 3.8) is 0 Å². The summed E-state index contributed by atoms with van der Waals surface area (Å²) in [5.41, 5.74) is 7.50. The van der Waals surface area contributed by atoms with Gasteiger partial charge in [-0.1, -0.05) is 12.1 Å². The maximum absolute atomic E-state index is 11.9. The van der Waals surface area contributed by atoms with Crippen LogP contribution in [0.4, 0.5) is 0 Å². The van der Waals surface area contributed by atoms with Crippen LogP contribution in [0.25, 0.3) is 0 Å². The molecule has 1 aromatic carbocycles. The lowest BCUT2D eigenvalue weighted by Crippen LogP contribution is -2.33. The molecule has 1 aromatic rings. The molecule has 0 heterocycles. The van der Waals surface area contributed by atoms with Crippen molar-refractivity contribution in [3.05, 3.63) is 35.4 Å². The van der Waals surface area contributed by atoms with E-state index in [0.717, 1.165) is 12.0 Å². The number of amides is 1. The quantitative estimate of drug-likeness (QED) is 0.435. The number of hydrogen-bond donors (Lipinski definition) is 2. The molecule has 21 heavy (non-hydrogen) atoms. The van der Waals surface area contributed by atoms with Gasteiger partial charge in [-0.2, -0.15) is 0 Å². The van der Waals surface area contributed by atoms with Crippen LogP contribution >= 0.6 is 0 Å². The Labute approximate surface area is 126 Å². The summed E-state index contributed by atoms with van der Waals surface area (Å²) in [7, 11) is 5.11. The zero-order valence-electron chi connectivity index (χ0n) is 12.9. The molecule has 6 nitrogen and oxygen atoms in total. The molecule has 0 unspecified atom stereocenters. The molecule has 0 bridgehead atoms. The number of nitrogens with two attached hydrogens (primary N) is 1. The van der Waals surface area contributed by atoms with Gasteiger partial charge >= 0.3 is 0 Å². The van der Waals surface area contributed by atoms with Crippen molar-refractivity contribution in [1.82, 2.24) is 10.2 Å². The molecule has 1 amide bonds. The second kappa shape index (κ2) is 8.97. The van der Waals surface area contributed by atoms with Gasteiger partial charge in [0, 0.05) is 33.3 Å². The second-order valence-electron chi connectivity index (χ2n) is 4.84. The highest BCUT2D eigenvalue weighted by atomic mass is 16.5. The normalized spacial score (nSPS) is 11.3. The van der Waals surface area contributed by atoms with E-state index >= 15 is 0 Å². The Balaban J connectivity index is 2.47. The molecule has 0 aromatic heterocycles. The van der Waals surface area contributed by atoms with E-state index < -0.39 is 0 Å². The summed E-state index contributed by atoms with van der Waals surface area (Å²) in [6, 6.07) is 7.61. The van der Waals surface area contributed by atoms with E-state index in [0.29, 0.717) is 31.2 Å². The molecule has 0 radical (unpaired) electrons. The first-order valence-electron chi connectivity index (χ1n) is 6.88. The van der Waals surface area contributed by atoms with Crippen LogP contribution in [0.1, 0.15) is 15.9 Å². The van der Waals surface area contributed by atoms with Crippen LogP contribution in [-0.4, -0.2) is 57.7 Å². The zero-order chi connectivity index (χ0) is 15.7. The number of nitrogens with zero attached hydrogens (tertiary/aromatic N) is 2. The van der Waals surface area contributed by atoms with Crippen LogP contribution < -0.4 is 11.1 Å². The largest absolute Gasteiger partial charge is 0.383 e. The number of hydrogen-bond acceptors (Lipinski definition) is 3. The monoisotopic (exact) mass is 292 g/mol. The van der Waals surface area contributed by atoms with Crippen molar-refractivity contribution in [1.29, 1.82) is 0 Å². The number of aliphatic imine (C=N–C) groups is 1. The third kappa shape index (κ3) is 6.27. The lowest BCUT2D eigenvalue weighted by molar-refractivity contribution is 0.0827. The lowest BCUT2D eigenvalue weighted by Gasteiger charge is -2.11. The average Bonchev–Trinajstić information content (AvgIpc) is 2.47. The molecule has 1 rings (SSSR count). The van der Waals surface area contributed by atoms with Crippen molar-refractivity contribution in [2.45, 2.75) is 6.42 Å². The number of rotatable bonds is 7. The second-order valence-corrected chi connectivity index (χ2v) is 4.84. The Morgan fingerprint density at radius 3 is 2.86 bits per heavy atom. The van der Waals surface area contributed by atoms with Gasteiger partial charge < -0.3 is 20.7 Å². The maximum Gasteiger partial charge on any atom is 0.253 e. The van der Waals surface area contributed by atoms with E-state index in [1.54, 1.807) is 26.1 Å². The number of carbonyl (C=O) groups is 1. The molecule has 6 heteroatoms. The fraction of sp³-hybridized carbons (Fsp3) is 0.467. The summed E-state index contributed by atoms with van der Waals surface area (Å²) in [6.45, 7) is 1.77. The van der Waals surface area contributed by atoms with Crippen molar-refractivity contribution in [3.8, 4) is 0 Å². The minimum atomic E-state index is 0.00505. The molecule has 116 valence electrons. The minimum Gasteiger partial charge on any atom is -0.383 e. The Hall–Kier alpha value is -2.08. The summed E-state index contributed by atoms with van der Waals surface area (Å²) >= 11 is 0.